The molecule has 0 aliphatic rings. The third-order valence-corrected chi connectivity index (χ3v) is 11.8. The molecule has 0 fully saturated rings. The molecule has 0 bridgehead atoms. The molecule has 0 heterocycles. The largest absolute Gasteiger partial charge is 0.542 e. The number of alkyl carbamates (subject to hydrolysis) is 1. The van der Waals surface area contributed by atoms with Crippen molar-refractivity contribution in [2.75, 3.05) is 53.6 Å². The number of alkyl halides is 3. The fourth-order valence-corrected chi connectivity index (χ4v) is 7.10. The number of carboxylic acid groups (broad SMARTS) is 1. The summed E-state index contributed by atoms with van der Waals surface area (Å²) in [6.45, 7) is 3.17. The van der Waals surface area contributed by atoms with Gasteiger partial charge in [-0.25, -0.2) is 33.6 Å². The standard InChI is InChI=1S/C22H25NO12.C19H21NO10.C17H17NO10.C2HF3O2/c1-22(2,3)35-21(32)23-8-12(34-20(31)11-6-15(26)18(29)16(27)7-11)9-33-19(30)10-4-13(24)17(28)14(25)5-10;1-20(2)7-11(30-19(28)10-5-14(23)17(26)15(24)6-10)8-29-18(27)9-3-12(21)16(25)13(22)4-9;18-5-9(28-17(26)8-3-12(21)15(24)13(22)4-8)6-27-16(25)7-1-10(19)14(23)11(20)2-7;3-2(4,5)1(6)7/h4-7,12,24-29H,8-9H2,1-3H3,(H,23,32);3-6,11,21-26H,7-8H2,1-2H3;1-4,9,19-24H,5-6,18H2;(H,6,7). The van der Waals surface area contributed by atoms with Crippen LogP contribution in [0.4, 0.5) is 18.0 Å². The van der Waals surface area contributed by atoms with Crippen LogP contribution in [0.5, 0.6) is 103 Å². The second kappa shape index (κ2) is 35.1. The van der Waals surface area contributed by atoms with E-state index in [1.807, 2.05) is 0 Å². The number of aliphatic carboxylic acids is 1. The highest BCUT2D eigenvalue weighted by Crippen LogP contribution is 2.40. The van der Waals surface area contributed by atoms with E-state index in [0.29, 0.717) is 0 Å². The van der Waals surface area contributed by atoms with Crippen molar-refractivity contribution < 1.29 is 187 Å². The zero-order chi connectivity index (χ0) is 76.2. The number of esters is 6. The van der Waals surface area contributed by atoms with Crippen LogP contribution in [0.15, 0.2) is 72.8 Å². The van der Waals surface area contributed by atoms with Gasteiger partial charge >= 0.3 is 48.1 Å². The molecule has 0 saturated carbocycles. The predicted octanol–water partition coefficient (Wildman–Crippen LogP) is 1.53. The highest BCUT2D eigenvalue weighted by Gasteiger charge is 2.30. The van der Waals surface area contributed by atoms with Gasteiger partial charge in [-0.05, 0) is 108 Å². The summed E-state index contributed by atoms with van der Waals surface area (Å²) in [6.07, 6.45) is -9.32. The molecule has 3 atom stereocenters. The summed E-state index contributed by atoms with van der Waals surface area (Å²) >= 11 is 0. The van der Waals surface area contributed by atoms with Gasteiger partial charge in [0, 0.05) is 6.54 Å². The molecule has 0 aliphatic heterocycles. The van der Waals surface area contributed by atoms with Gasteiger partial charge in [-0.15, -0.1) is 0 Å². The molecular formula is C60H64F3N3O34. The molecule has 6 aromatic carbocycles. The van der Waals surface area contributed by atoms with E-state index in [1.165, 1.54) is 0 Å². The molecule has 0 spiro atoms. The lowest BCUT2D eigenvalue weighted by molar-refractivity contribution is -0.384. The Bertz CT molecular complexity index is 3850. The van der Waals surface area contributed by atoms with Crippen molar-refractivity contribution in [1.82, 2.24) is 10.2 Å². The summed E-state index contributed by atoms with van der Waals surface area (Å²) in [5.74, 6) is -22.8. The fourth-order valence-electron chi connectivity index (χ4n) is 7.10. The van der Waals surface area contributed by atoms with Crippen LogP contribution in [0.1, 0.15) is 82.9 Å². The van der Waals surface area contributed by atoms with E-state index < -0.39 is 208 Å². The van der Waals surface area contributed by atoms with Gasteiger partial charge in [-0.2, -0.15) is 13.2 Å². The normalized spacial score (nSPS) is 11.7. The topological polar surface area (TPSA) is 631 Å². The number of carbonyl (C=O) groups is 8. The average molecular weight is 1430 g/mol. The molecule has 0 aliphatic carbocycles. The molecule has 22 N–H and O–H groups in total. The van der Waals surface area contributed by atoms with E-state index in [4.69, 9.17) is 43.1 Å². The van der Waals surface area contributed by atoms with Crippen molar-refractivity contribution in [3.8, 4) is 103 Å². The summed E-state index contributed by atoms with van der Waals surface area (Å²) in [6, 6.07) is 10.4. The summed E-state index contributed by atoms with van der Waals surface area (Å²) in [5.41, 5.74) is 1.03. The van der Waals surface area contributed by atoms with Crippen molar-refractivity contribution >= 4 is 47.9 Å². The van der Waals surface area contributed by atoms with E-state index >= 15 is 0 Å². The second-order valence-electron chi connectivity index (χ2n) is 21.3. The second-order valence-corrected chi connectivity index (χ2v) is 21.3. The maximum Gasteiger partial charge on any atom is 0.430 e. The number of hydrogen-bond acceptors (Lipinski definition) is 35. The maximum absolute atomic E-state index is 12.5. The Labute approximate surface area is 558 Å². The number of aromatic hydroxyl groups is 18. The molecule has 40 heteroatoms. The van der Waals surface area contributed by atoms with E-state index in [-0.39, 0.29) is 46.5 Å². The number of likely N-dealkylation sites (N-methyl/N-ethyl adjacent to an activating group) is 1. The minimum Gasteiger partial charge on any atom is -0.542 e. The Morgan fingerprint density at radius 3 is 0.840 bits per heavy atom. The van der Waals surface area contributed by atoms with Gasteiger partial charge in [0.05, 0.1) is 39.9 Å². The quantitative estimate of drug-likeness (QED) is 0.0293. The van der Waals surface area contributed by atoms with Crippen molar-refractivity contribution in [2.45, 2.75) is 50.9 Å². The molecule has 0 radical (unpaired) electrons. The number of amides is 1. The number of ether oxygens (including phenoxy) is 7. The number of phenols is 18. The number of carboxylic acids is 1. The molecule has 6 aromatic rings. The Morgan fingerprint density at radius 1 is 0.410 bits per heavy atom. The Morgan fingerprint density at radius 2 is 0.620 bits per heavy atom. The monoisotopic (exact) mass is 1430 g/mol. The van der Waals surface area contributed by atoms with Crippen LogP contribution in [-0.4, -0.2) is 228 Å². The van der Waals surface area contributed by atoms with E-state index in [0.717, 1.165) is 72.8 Å². The van der Waals surface area contributed by atoms with Gasteiger partial charge in [-0.3, -0.25) is 0 Å². The lowest BCUT2D eigenvalue weighted by atomic mass is 10.2. The van der Waals surface area contributed by atoms with Crippen LogP contribution in [0.25, 0.3) is 0 Å². The number of benzene rings is 6. The molecule has 0 aromatic heterocycles. The fraction of sp³-hybridized carbons (Fsp3) is 0.267. The van der Waals surface area contributed by atoms with E-state index in [1.54, 1.807) is 39.8 Å². The highest BCUT2D eigenvalue weighted by atomic mass is 19.4. The highest BCUT2D eigenvalue weighted by molar-refractivity contribution is 5.94. The number of nitrogens with one attached hydrogen (secondary N) is 1. The third kappa shape index (κ3) is 24.6. The van der Waals surface area contributed by atoms with Crippen LogP contribution < -0.4 is 16.2 Å². The first-order chi connectivity index (χ1) is 46.2. The van der Waals surface area contributed by atoms with Gasteiger partial charge < -0.3 is 151 Å². The lowest BCUT2D eigenvalue weighted by Gasteiger charge is -2.22. The van der Waals surface area contributed by atoms with Gasteiger partial charge in [-0.1, -0.05) is 0 Å². The molecule has 3 unspecified atom stereocenters. The van der Waals surface area contributed by atoms with Gasteiger partial charge in [0.25, 0.3) is 0 Å². The van der Waals surface area contributed by atoms with Gasteiger partial charge in [0.1, 0.15) is 44.0 Å². The Balaban J connectivity index is 0.000000373. The minimum absolute atomic E-state index is 0.00114. The van der Waals surface area contributed by atoms with E-state index in [2.05, 4.69) is 11.1 Å². The summed E-state index contributed by atoms with van der Waals surface area (Å²) in [7, 11) is 3.35. The summed E-state index contributed by atoms with van der Waals surface area (Å²) < 4.78 is 67.2. The van der Waals surface area contributed by atoms with Crippen LogP contribution >= 0.6 is 0 Å². The van der Waals surface area contributed by atoms with Gasteiger partial charge in [0.15, 0.2) is 116 Å². The molecule has 1 amide bonds. The SMILES string of the molecule is CC(C)(C)OC(=O)NCC(COC(=O)c1cc(O)c(O)c(O)c1)OC(=O)c1cc(O)c(O)c(O)c1.CN(C)CC(COC(=O)c1cc(O)c(O)c(O)c1)OC(=O)c1cc(O)c(O)c(O)c1.O=C([O-])C(F)(F)F.[NH3+]CC(COC(=O)c1cc(O)c(O)c(O)c1)OC(=O)c1cc(O)c(O)c(O)c1. The van der Waals surface area contributed by atoms with Crippen molar-refractivity contribution in [1.29, 1.82) is 0 Å². The van der Waals surface area contributed by atoms with Crippen molar-refractivity contribution in [3.05, 3.63) is 106 Å². The minimum atomic E-state index is -5.19. The molecule has 6 rings (SSSR count). The smallest absolute Gasteiger partial charge is 0.430 e. The first-order valence-corrected chi connectivity index (χ1v) is 27.6. The maximum atomic E-state index is 12.5. The molecule has 37 nitrogen and oxygen atoms in total. The number of quaternary nitrogens is 1. The summed E-state index contributed by atoms with van der Waals surface area (Å²) in [5, 5.41) is 181. The first kappa shape index (κ1) is 81.2. The molecule has 544 valence electrons. The predicted molar refractivity (Wildman–Crippen MR) is 319 cm³/mol. The van der Waals surface area contributed by atoms with E-state index in [9.17, 15) is 139 Å². The van der Waals surface area contributed by atoms with Crippen LogP contribution in [0, 0.1) is 0 Å². The number of carbonyl (C=O) groups excluding carboxylic acids is 8. The molecular weight excluding hydrogens is 1360 g/mol. The average Bonchev–Trinajstić information content (AvgIpc) is 0.865. The third-order valence-electron chi connectivity index (χ3n) is 11.8. The number of nitrogens with zero attached hydrogens (tertiary/aromatic N) is 1. The number of phenolic OH excluding ortho intramolecular Hbond substituents is 18. The zero-order valence-corrected chi connectivity index (χ0v) is 52.3. The zero-order valence-electron chi connectivity index (χ0n) is 52.3. The Hall–Kier alpha value is -13.0. The Kier molecular flexibility index (Phi) is 28.5. The van der Waals surface area contributed by atoms with Crippen molar-refractivity contribution in [3.63, 3.8) is 0 Å². The van der Waals surface area contributed by atoms with Gasteiger partial charge in [0.2, 0.25) is 0 Å². The summed E-state index contributed by atoms with van der Waals surface area (Å²) in [4.78, 5) is 95.7. The number of rotatable bonds is 20. The van der Waals surface area contributed by atoms with Crippen LogP contribution in [-0.2, 0) is 38.0 Å². The lowest BCUT2D eigenvalue weighted by Crippen LogP contribution is -2.57. The van der Waals surface area contributed by atoms with Crippen LogP contribution in [0.2, 0.25) is 0 Å². The van der Waals surface area contributed by atoms with Crippen LogP contribution in [0.3, 0.4) is 0 Å². The first-order valence-electron chi connectivity index (χ1n) is 27.6. The number of hydrogen-bond donors (Lipinski definition) is 20. The number of halogens is 3. The molecule has 100 heavy (non-hydrogen) atoms. The van der Waals surface area contributed by atoms with Crippen molar-refractivity contribution in [2.24, 2.45) is 0 Å². The molecule has 0 saturated heterocycles.